The van der Waals surface area contributed by atoms with Crippen molar-refractivity contribution in [1.29, 1.82) is 0 Å². The number of sulfonamides is 1. The molecule has 4 heterocycles. The quantitative estimate of drug-likeness (QED) is 0.461. The van der Waals surface area contributed by atoms with Gasteiger partial charge in [0.2, 0.25) is 21.9 Å². The maximum Gasteiger partial charge on any atom is 0.250 e. The van der Waals surface area contributed by atoms with Crippen molar-refractivity contribution in [3.8, 4) is 17.3 Å². The van der Waals surface area contributed by atoms with E-state index < -0.39 is 15.8 Å². The van der Waals surface area contributed by atoms with Gasteiger partial charge in [-0.3, -0.25) is 4.90 Å². The third-order valence-corrected chi connectivity index (χ3v) is 7.54. The highest BCUT2D eigenvalue weighted by molar-refractivity contribution is 7.88. The summed E-state index contributed by atoms with van der Waals surface area (Å²) in [4.78, 5) is 23.6. The van der Waals surface area contributed by atoms with Gasteiger partial charge < -0.3 is 15.8 Å². The van der Waals surface area contributed by atoms with E-state index >= 15 is 0 Å². The highest BCUT2D eigenvalue weighted by Gasteiger charge is 2.32. The number of nitrogens with zero attached hydrogens (tertiary/aromatic N) is 7. The minimum atomic E-state index is -3.25. The summed E-state index contributed by atoms with van der Waals surface area (Å²) in [6.45, 7) is 7.13. The third kappa shape index (κ3) is 5.92. The molecular weight excluding hydrogens is 501 g/mol. The van der Waals surface area contributed by atoms with Crippen molar-refractivity contribution >= 4 is 27.5 Å². The minimum absolute atomic E-state index is 0.0110. The van der Waals surface area contributed by atoms with Gasteiger partial charge in [-0.2, -0.15) is 14.3 Å². The molecule has 3 aromatic rings. The fraction of sp³-hybridized carbons (Fsp3) is 0.435. The molecular formula is C23H30FN9O3S. The van der Waals surface area contributed by atoms with Gasteiger partial charge in [-0.15, -0.1) is 0 Å². The van der Waals surface area contributed by atoms with E-state index in [1.807, 2.05) is 19.9 Å². The molecule has 0 radical (unpaired) electrons. The van der Waals surface area contributed by atoms with Crippen molar-refractivity contribution in [1.82, 2.24) is 34.1 Å². The highest BCUT2D eigenvalue weighted by atomic mass is 32.2. The van der Waals surface area contributed by atoms with Gasteiger partial charge in [-0.1, -0.05) is 0 Å². The first kappa shape index (κ1) is 26.6. The zero-order valence-corrected chi connectivity index (χ0v) is 22.1. The number of halogens is 1. The molecule has 0 aromatic carbocycles. The van der Waals surface area contributed by atoms with Crippen LogP contribution in [0.3, 0.4) is 0 Å². The van der Waals surface area contributed by atoms with E-state index in [0.29, 0.717) is 48.4 Å². The molecule has 1 aliphatic rings. The molecule has 4 rings (SSSR count). The Morgan fingerprint density at radius 2 is 1.95 bits per heavy atom. The van der Waals surface area contributed by atoms with E-state index in [2.05, 4.69) is 35.1 Å². The summed E-state index contributed by atoms with van der Waals surface area (Å²) in [5.74, 6) is 0.452. The van der Waals surface area contributed by atoms with Crippen LogP contribution < -0.4 is 15.8 Å². The number of aromatic nitrogens is 5. The first-order chi connectivity index (χ1) is 17.5. The number of ether oxygens (including phenoxy) is 1. The van der Waals surface area contributed by atoms with Gasteiger partial charge in [0.05, 0.1) is 30.8 Å². The number of piperazine rings is 1. The predicted molar refractivity (Wildman–Crippen MR) is 137 cm³/mol. The first-order valence-electron chi connectivity index (χ1n) is 11.6. The number of methoxy groups -OCH3 is 1. The molecule has 37 heavy (non-hydrogen) atoms. The van der Waals surface area contributed by atoms with Crippen molar-refractivity contribution in [2.45, 2.75) is 32.9 Å². The molecule has 0 bridgehead atoms. The molecule has 1 fully saturated rings. The van der Waals surface area contributed by atoms with E-state index in [9.17, 15) is 12.8 Å². The molecule has 1 unspecified atom stereocenters. The van der Waals surface area contributed by atoms with Gasteiger partial charge in [0.1, 0.15) is 11.6 Å². The number of nitrogens with two attached hydrogens (primary N) is 1. The second kappa shape index (κ2) is 10.5. The summed E-state index contributed by atoms with van der Waals surface area (Å²) in [5, 5.41) is 3.08. The molecule has 3 aromatic heterocycles. The van der Waals surface area contributed by atoms with E-state index in [4.69, 9.17) is 10.5 Å². The summed E-state index contributed by atoms with van der Waals surface area (Å²) < 4.78 is 44.7. The average Bonchev–Trinajstić information content (AvgIpc) is 2.83. The Hall–Kier alpha value is -3.49. The summed E-state index contributed by atoms with van der Waals surface area (Å²) >= 11 is 0. The number of anilines is 3. The monoisotopic (exact) mass is 531 g/mol. The van der Waals surface area contributed by atoms with Crippen molar-refractivity contribution in [2.24, 2.45) is 0 Å². The van der Waals surface area contributed by atoms with E-state index in [1.165, 1.54) is 29.9 Å². The molecule has 0 saturated carbocycles. The van der Waals surface area contributed by atoms with Crippen LogP contribution in [0.15, 0.2) is 24.5 Å². The Morgan fingerprint density at radius 1 is 1.19 bits per heavy atom. The van der Waals surface area contributed by atoms with E-state index in [-0.39, 0.29) is 23.9 Å². The summed E-state index contributed by atoms with van der Waals surface area (Å²) in [6.07, 6.45) is 4.38. The highest BCUT2D eigenvalue weighted by Crippen LogP contribution is 2.33. The van der Waals surface area contributed by atoms with Gasteiger partial charge >= 0.3 is 0 Å². The smallest absolute Gasteiger partial charge is 0.250 e. The summed E-state index contributed by atoms with van der Waals surface area (Å²) in [7, 11) is -1.91. The summed E-state index contributed by atoms with van der Waals surface area (Å²) in [5.41, 5.74) is 7.67. The van der Waals surface area contributed by atoms with Crippen LogP contribution in [0.5, 0.6) is 5.88 Å². The minimum Gasteiger partial charge on any atom is -0.479 e. The summed E-state index contributed by atoms with van der Waals surface area (Å²) in [6, 6.07) is 3.06. The van der Waals surface area contributed by atoms with Crippen LogP contribution in [0, 0.1) is 12.7 Å². The number of nitrogens with one attached hydrogen (secondary N) is 1. The molecule has 3 N–H and O–H groups in total. The Balaban J connectivity index is 1.70. The third-order valence-electron chi connectivity index (χ3n) is 6.27. The van der Waals surface area contributed by atoms with Crippen LogP contribution in [0.2, 0.25) is 0 Å². The van der Waals surface area contributed by atoms with E-state index in [0.717, 1.165) is 5.56 Å². The molecule has 2 atom stereocenters. The number of hydrogen-bond acceptors (Lipinski definition) is 11. The zero-order valence-electron chi connectivity index (χ0n) is 21.3. The zero-order chi connectivity index (χ0) is 26.9. The molecule has 1 aliphatic heterocycles. The Bertz CT molecular complexity index is 1390. The lowest BCUT2D eigenvalue weighted by atomic mass is 10.0. The Morgan fingerprint density at radius 3 is 2.57 bits per heavy atom. The maximum absolute atomic E-state index is 14.3. The number of aryl methyl sites for hydroxylation is 1. The maximum atomic E-state index is 14.3. The van der Waals surface area contributed by atoms with E-state index in [1.54, 1.807) is 13.1 Å². The van der Waals surface area contributed by atoms with Crippen LogP contribution in [-0.4, -0.2) is 81.6 Å². The van der Waals surface area contributed by atoms with Crippen LogP contribution in [-0.2, 0) is 10.0 Å². The average molecular weight is 532 g/mol. The predicted octanol–water partition coefficient (Wildman–Crippen LogP) is 2.14. The first-order valence-corrected chi connectivity index (χ1v) is 13.5. The lowest BCUT2D eigenvalue weighted by Crippen LogP contribution is -2.53. The van der Waals surface area contributed by atoms with Crippen LogP contribution in [0.1, 0.15) is 31.3 Å². The lowest BCUT2D eigenvalue weighted by molar-refractivity contribution is 0.0906. The van der Waals surface area contributed by atoms with Crippen LogP contribution in [0.25, 0.3) is 11.4 Å². The number of hydrogen-bond donors (Lipinski definition) is 2. The molecule has 1 saturated heterocycles. The Labute approximate surface area is 215 Å². The second-order valence-corrected chi connectivity index (χ2v) is 10.9. The number of pyridine rings is 2. The fourth-order valence-electron chi connectivity index (χ4n) is 4.39. The molecule has 0 aliphatic carbocycles. The van der Waals surface area contributed by atoms with Crippen molar-refractivity contribution in [2.75, 3.05) is 44.1 Å². The van der Waals surface area contributed by atoms with Gasteiger partial charge in [0.15, 0.2) is 11.6 Å². The van der Waals surface area contributed by atoms with Gasteiger partial charge in [-0.25, -0.2) is 27.8 Å². The largest absolute Gasteiger partial charge is 0.479 e. The molecule has 198 valence electrons. The lowest BCUT2D eigenvalue weighted by Gasteiger charge is -2.42. The van der Waals surface area contributed by atoms with Gasteiger partial charge in [-0.05, 0) is 32.4 Å². The molecule has 0 amide bonds. The van der Waals surface area contributed by atoms with Gasteiger partial charge in [0, 0.05) is 44.0 Å². The van der Waals surface area contributed by atoms with Crippen molar-refractivity contribution in [3.05, 3.63) is 41.7 Å². The molecule has 14 heteroatoms. The van der Waals surface area contributed by atoms with Gasteiger partial charge in [0.25, 0.3) is 0 Å². The SMILES string of the molecule is COc1ncc(Nc2ncc(C(C)N3CCN(S(C)(=O)=O)C[C@@H]3C)cc2-c2nc(C)nc(N)n2)cc1F. The number of rotatable bonds is 7. The normalized spacial score (nSPS) is 17.9. The molecule has 0 spiro atoms. The van der Waals surface area contributed by atoms with Crippen molar-refractivity contribution in [3.63, 3.8) is 0 Å². The fourth-order valence-corrected chi connectivity index (χ4v) is 5.29. The van der Waals surface area contributed by atoms with Crippen molar-refractivity contribution < 1.29 is 17.5 Å². The molecule has 12 nitrogen and oxygen atoms in total. The number of nitrogen functional groups attached to an aromatic ring is 1. The second-order valence-electron chi connectivity index (χ2n) is 8.95. The standard InChI is InChI=1S/C23H30FN9O3S/c1-13-12-32(37(5,34)35)6-7-33(13)14(2)16-8-18(21-28-15(3)29-23(25)31-21)20(26-10-16)30-17-9-19(24)22(36-4)27-11-17/h8-11,13-14H,6-7,12H2,1-5H3,(H,26,30)(H2,25,28,29,31)/t13-,14?/m0/s1. The van der Waals surface area contributed by atoms with Crippen LogP contribution in [0.4, 0.5) is 21.8 Å². The Kier molecular flexibility index (Phi) is 7.52. The topological polar surface area (TPSA) is 152 Å². The van der Waals surface area contributed by atoms with Crippen LogP contribution >= 0.6 is 0 Å².